The number of nitrogens with one attached hydrogen (secondary N) is 1. The van der Waals surface area contributed by atoms with E-state index in [-0.39, 0.29) is 12.5 Å². The van der Waals surface area contributed by atoms with Crippen molar-refractivity contribution < 1.29 is 14.3 Å². The van der Waals surface area contributed by atoms with E-state index < -0.39 is 6.29 Å². The quantitative estimate of drug-likeness (QED) is 0.636. The number of hydrogen-bond acceptors (Lipinski definition) is 4. The van der Waals surface area contributed by atoms with E-state index in [1.165, 1.54) is 14.2 Å². The third-order valence-electron chi connectivity index (χ3n) is 2.19. The van der Waals surface area contributed by atoms with Gasteiger partial charge in [0.05, 0.1) is 12.1 Å². The van der Waals surface area contributed by atoms with Crippen LogP contribution in [0.25, 0.3) is 0 Å². The molecule has 0 radical (unpaired) electrons. The van der Waals surface area contributed by atoms with Crippen molar-refractivity contribution in [1.29, 1.82) is 0 Å². The van der Waals surface area contributed by atoms with Gasteiger partial charge in [-0.2, -0.15) is 0 Å². The third kappa shape index (κ3) is 3.99. The Morgan fingerprint density at radius 2 is 2.12 bits per heavy atom. The summed E-state index contributed by atoms with van der Waals surface area (Å²) in [5, 5.41) is 2.69. The Bertz CT molecular complexity index is 394. The smallest absolute Gasteiger partial charge is 0.252 e. The molecule has 0 heterocycles. The maximum absolute atomic E-state index is 11.8. The van der Waals surface area contributed by atoms with Crippen LogP contribution in [0.3, 0.4) is 0 Å². The summed E-state index contributed by atoms with van der Waals surface area (Å²) < 4.78 is 10.6. The first-order valence-electron chi connectivity index (χ1n) is 4.97. The number of amides is 1. The van der Waals surface area contributed by atoms with Crippen molar-refractivity contribution in [3.63, 3.8) is 0 Å². The lowest BCUT2D eigenvalue weighted by atomic mass is 10.2. The van der Waals surface area contributed by atoms with Crippen molar-refractivity contribution in [3.8, 4) is 0 Å². The molecule has 0 fully saturated rings. The zero-order chi connectivity index (χ0) is 12.8. The summed E-state index contributed by atoms with van der Waals surface area (Å²) >= 11 is 3.29. The zero-order valence-corrected chi connectivity index (χ0v) is 11.3. The van der Waals surface area contributed by atoms with Gasteiger partial charge in [-0.1, -0.05) is 0 Å². The Hall–Kier alpha value is -1.11. The van der Waals surface area contributed by atoms with Gasteiger partial charge in [-0.3, -0.25) is 4.79 Å². The van der Waals surface area contributed by atoms with Crippen molar-refractivity contribution in [2.24, 2.45) is 0 Å². The molecular weight excluding hydrogens is 288 g/mol. The lowest BCUT2D eigenvalue weighted by Gasteiger charge is -2.14. The summed E-state index contributed by atoms with van der Waals surface area (Å²) in [4.78, 5) is 11.8. The van der Waals surface area contributed by atoms with E-state index in [0.29, 0.717) is 15.7 Å². The number of carbonyl (C=O) groups is 1. The molecule has 3 N–H and O–H groups in total. The van der Waals surface area contributed by atoms with Crippen LogP contribution in [-0.2, 0) is 9.47 Å². The molecule has 0 bridgehead atoms. The van der Waals surface area contributed by atoms with Gasteiger partial charge in [0.2, 0.25) is 0 Å². The molecule has 1 aromatic rings. The number of carbonyl (C=O) groups excluding carboxylic acids is 1. The largest absolute Gasteiger partial charge is 0.399 e. The van der Waals surface area contributed by atoms with E-state index in [2.05, 4.69) is 21.2 Å². The van der Waals surface area contributed by atoms with Crippen molar-refractivity contribution in [2.45, 2.75) is 6.29 Å². The molecule has 1 aromatic carbocycles. The minimum Gasteiger partial charge on any atom is -0.399 e. The number of nitrogen functional groups attached to an aromatic ring is 1. The number of ether oxygens (including phenoxy) is 2. The Labute approximate surface area is 108 Å². The SMILES string of the molecule is COC(CNC(=O)c1cc(N)ccc1Br)OC. The average Bonchev–Trinajstić information content (AvgIpc) is 2.33. The van der Waals surface area contributed by atoms with Gasteiger partial charge >= 0.3 is 0 Å². The topological polar surface area (TPSA) is 73.6 Å². The van der Waals surface area contributed by atoms with E-state index in [9.17, 15) is 4.79 Å². The molecule has 0 atom stereocenters. The Kier molecular flexibility index (Phi) is 5.40. The molecular formula is C11H15BrN2O3. The van der Waals surface area contributed by atoms with Gasteiger partial charge in [-0.25, -0.2) is 0 Å². The van der Waals surface area contributed by atoms with Crippen LogP contribution >= 0.6 is 15.9 Å². The summed E-state index contributed by atoms with van der Waals surface area (Å²) in [5.41, 5.74) is 6.64. The minimum absolute atomic E-state index is 0.233. The number of nitrogens with two attached hydrogens (primary N) is 1. The summed E-state index contributed by atoms with van der Waals surface area (Å²) in [6, 6.07) is 5.05. The van der Waals surface area contributed by atoms with E-state index >= 15 is 0 Å². The Morgan fingerprint density at radius 1 is 1.47 bits per heavy atom. The van der Waals surface area contributed by atoms with Crippen LogP contribution in [-0.4, -0.2) is 33.0 Å². The molecule has 0 aliphatic heterocycles. The van der Waals surface area contributed by atoms with Gasteiger partial charge in [0.15, 0.2) is 6.29 Å². The second-order valence-electron chi connectivity index (χ2n) is 3.35. The second kappa shape index (κ2) is 6.58. The van der Waals surface area contributed by atoms with Gasteiger partial charge in [-0.15, -0.1) is 0 Å². The number of hydrogen-bond donors (Lipinski definition) is 2. The molecule has 1 rings (SSSR count). The van der Waals surface area contributed by atoms with E-state index in [4.69, 9.17) is 15.2 Å². The molecule has 6 heteroatoms. The van der Waals surface area contributed by atoms with Crippen LogP contribution in [0.15, 0.2) is 22.7 Å². The molecule has 0 aromatic heterocycles. The van der Waals surface area contributed by atoms with Gasteiger partial charge in [-0.05, 0) is 34.1 Å². The van der Waals surface area contributed by atoms with Crippen LogP contribution < -0.4 is 11.1 Å². The monoisotopic (exact) mass is 302 g/mol. The third-order valence-corrected chi connectivity index (χ3v) is 2.88. The van der Waals surface area contributed by atoms with Crippen LogP contribution in [0.1, 0.15) is 10.4 Å². The van der Waals surface area contributed by atoms with Crippen LogP contribution in [0.4, 0.5) is 5.69 Å². The highest BCUT2D eigenvalue weighted by molar-refractivity contribution is 9.10. The van der Waals surface area contributed by atoms with Crippen LogP contribution in [0.5, 0.6) is 0 Å². The van der Waals surface area contributed by atoms with Gasteiger partial charge in [0, 0.05) is 24.4 Å². The Morgan fingerprint density at radius 3 is 2.71 bits per heavy atom. The number of halogens is 1. The molecule has 0 unspecified atom stereocenters. The van der Waals surface area contributed by atoms with Crippen molar-refractivity contribution in [3.05, 3.63) is 28.2 Å². The average molecular weight is 303 g/mol. The lowest BCUT2D eigenvalue weighted by Crippen LogP contribution is -2.34. The first-order chi connectivity index (χ1) is 8.08. The normalized spacial score (nSPS) is 10.6. The van der Waals surface area contributed by atoms with E-state index in [1.807, 2.05) is 0 Å². The molecule has 0 spiro atoms. The summed E-state index contributed by atoms with van der Waals surface area (Å²) in [6.45, 7) is 0.271. The van der Waals surface area contributed by atoms with Gasteiger partial charge < -0.3 is 20.5 Å². The number of benzene rings is 1. The van der Waals surface area contributed by atoms with Gasteiger partial charge in [0.1, 0.15) is 0 Å². The van der Waals surface area contributed by atoms with Gasteiger partial charge in [0.25, 0.3) is 5.91 Å². The predicted octanol–water partition coefficient (Wildman–Crippen LogP) is 1.38. The molecule has 0 aliphatic rings. The van der Waals surface area contributed by atoms with Crippen LogP contribution in [0, 0.1) is 0 Å². The molecule has 1 amide bonds. The zero-order valence-electron chi connectivity index (χ0n) is 9.70. The predicted molar refractivity (Wildman–Crippen MR) is 68.7 cm³/mol. The van der Waals surface area contributed by atoms with E-state index in [0.717, 1.165) is 0 Å². The van der Waals surface area contributed by atoms with Crippen LogP contribution in [0.2, 0.25) is 0 Å². The standard InChI is InChI=1S/C11H15BrN2O3/c1-16-10(17-2)6-14-11(15)8-5-7(13)3-4-9(8)12/h3-5,10H,6,13H2,1-2H3,(H,14,15). The second-order valence-corrected chi connectivity index (χ2v) is 4.20. The highest BCUT2D eigenvalue weighted by Gasteiger charge is 2.12. The van der Waals surface area contributed by atoms with Crippen molar-refractivity contribution in [2.75, 3.05) is 26.5 Å². The fraction of sp³-hybridized carbons (Fsp3) is 0.364. The maximum Gasteiger partial charge on any atom is 0.252 e. The van der Waals surface area contributed by atoms with Crippen molar-refractivity contribution >= 4 is 27.5 Å². The minimum atomic E-state index is -0.459. The first-order valence-corrected chi connectivity index (χ1v) is 5.76. The highest BCUT2D eigenvalue weighted by Crippen LogP contribution is 2.19. The molecule has 0 saturated heterocycles. The molecule has 0 saturated carbocycles. The Balaban J connectivity index is 2.66. The first kappa shape index (κ1) is 14.0. The number of methoxy groups -OCH3 is 2. The summed E-state index contributed by atoms with van der Waals surface area (Å²) in [6.07, 6.45) is -0.459. The fourth-order valence-electron chi connectivity index (χ4n) is 1.25. The summed E-state index contributed by atoms with van der Waals surface area (Å²) in [5.74, 6) is -0.233. The highest BCUT2D eigenvalue weighted by atomic mass is 79.9. The molecule has 94 valence electrons. The van der Waals surface area contributed by atoms with Crippen molar-refractivity contribution in [1.82, 2.24) is 5.32 Å². The van der Waals surface area contributed by atoms with E-state index in [1.54, 1.807) is 18.2 Å². The number of rotatable bonds is 5. The maximum atomic E-state index is 11.8. The molecule has 17 heavy (non-hydrogen) atoms. The molecule has 0 aliphatic carbocycles. The summed E-state index contributed by atoms with van der Waals surface area (Å²) in [7, 11) is 3.02. The fourth-order valence-corrected chi connectivity index (χ4v) is 1.68. The number of anilines is 1. The lowest BCUT2D eigenvalue weighted by molar-refractivity contribution is -0.0974. The molecule has 5 nitrogen and oxygen atoms in total.